The first-order chi connectivity index (χ1) is 9.94. The molecule has 0 fully saturated rings. The molecule has 0 aliphatic rings. The van der Waals surface area contributed by atoms with Crippen molar-refractivity contribution in [1.82, 2.24) is 15.4 Å². The van der Waals surface area contributed by atoms with Crippen molar-refractivity contribution in [1.29, 1.82) is 0 Å². The van der Waals surface area contributed by atoms with Crippen LogP contribution in [0.2, 0.25) is 0 Å². The van der Waals surface area contributed by atoms with Crippen LogP contribution in [0.25, 0.3) is 0 Å². The van der Waals surface area contributed by atoms with Gasteiger partial charge in [-0.1, -0.05) is 12.1 Å². The maximum Gasteiger partial charge on any atom is 0.208 e. The van der Waals surface area contributed by atoms with Crippen molar-refractivity contribution in [3.8, 4) is 5.75 Å². The molecule has 0 spiro atoms. The fourth-order valence-corrected chi connectivity index (χ4v) is 2.08. The average molecular weight is 442 g/mol. The molecule has 0 atom stereocenters. The van der Waals surface area contributed by atoms with E-state index < -0.39 is 10.0 Å². The SMILES string of the molecule is CN=C(NCCNS(C)(=O)=O)NCc1cccc(OC)c1.I. The van der Waals surface area contributed by atoms with E-state index >= 15 is 0 Å². The van der Waals surface area contributed by atoms with Crippen molar-refractivity contribution in [2.75, 3.05) is 33.5 Å². The summed E-state index contributed by atoms with van der Waals surface area (Å²) < 4.78 is 29.4. The highest BCUT2D eigenvalue weighted by atomic mass is 127. The Balaban J connectivity index is 0.00000441. The molecule has 0 bridgehead atoms. The topological polar surface area (TPSA) is 91.8 Å². The zero-order chi connectivity index (χ0) is 15.7. The number of nitrogens with zero attached hydrogens (tertiary/aromatic N) is 1. The second-order valence-electron chi connectivity index (χ2n) is 4.37. The zero-order valence-corrected chi connectivity index (χ0v) is 16.1. The summed E-state index contributed by atoms with van der Waals surface area (Å²) >= 11 is 0. The number of guanidine groups is 1. The number of rotatable bonds is 7. The molecule has 1 aromatic carbocycles. The van der Waals surface area contributed by atoms with Gasteiger partial charge >= 0.3 is 0 Å². The summed E-state index contributed by atoms with van der Waals surface area (Å²) in [6, 6.07) is 7.72. The van der Waals surface area contributed by atoms with Crippen LogP contribution in [-0.2, 0) is 16.6 Å². The van der Waals surface area contributed by atoms with Crippen LogP contribution < -0.4 is 20.1 Å². The minimum Gasteiger partial charge on any atom is -0.497 e. The summed E-state index contributed by atoms with van der Waals surface area (Å²) in [6.07, 6.45) is 1.13. The summed E-state index contributed by atoms with van der Waals surface area (Å²) in [5, 5.41) is 6.16. The summed E-state index contributed by atoms with van der Waals surface area (Å²) in [5.74, 6) is 1.41. The first kappa shape index (κ1) is 20.9. The Hall–Kier alpha value is -1.07. The summed E-state index contributed by atoms with van der Waals surface area (Å²) in [5.41, 5.74) is 1.06. The average Bonchev–Trinajstić information content (AvgIpc) is 2.45. The molecule has 0 aromatic heterocycles. The van der Waals surface area contributed by atoms with Crippen LogP contribution in [0, 0.1) is 0 Å². The molecule has 1 rings (SSSR count). The van der Waals surface area contributed by atoms with Crippen LogP contribution in [-0.4, -0.2) is 47.9 Å². The van der Waals surface area contributed by atoms with Crippen LogP contribution in [0.3, 0.4) is 0 Å². The van der Waals surface area contributed by atoms with Crippen LogP contribution in [0.15, 0.2) is 29.3 Å². The van der Waals surface area contributed by atoms with E-state index in [4.69, 9.17) is 4.74 Å². The fourth-order valence-electron chi connectivity index (χ4n) is 1.61. The first-order valence-corrected chi connectivity index (χ1v) is 8.36. The molecule has 1 aromatic rings. The number of methoxy groups -OCH3 is 1. The predicted molar refractivity (Wildman–Crippen MR) is 99.5 cm³/mol. The monoisotopic (exact) mass is 442 g/mol. The van der Waals surface area contributed by atoms with Gasteiger partial charge in [-0.2, -0.15) is 0 Å². The lowest BCUT2D eigenvalue weighted by molar-refractivity contribution is 0.414. The lowest BCUT2D eigenvalue weighted by atomic mass is 10.2. The van der Waals surface area contributed by atoms with Crippen molar-refractivity contribution < 1.29 is 13.2 Å². The van der Waals surface area contributed by atoms with Crippen LogP contribution in [0.1, 0.15) is 5.56 Å². The second-order valence-corrected chi connectivity index (χ2v) is 6.20. The van der Waals surface area contributed by atoms with E-state index in [1.807, 2.05) is 24.3 Å². The highest BCUT2D eigenvalue weighted by Crippen LogP contribution is 2.11. The van der Waals surface area contributed by atoms with Crippen molar-refractivity contribution in [3.05, 3.63) is 29.8 Å². The summed E-state index contributed by atoms with van der Waals surface area (Å²) in [4.78, 5) is 4.07. The van der Waals surface area contributed by atoms with E-state index in [0.717, 1.165) is 17.6 Å². The largest absolute Gasteiger partial charge is 0.497 e. The molecule has 0 heterocycles. The van der Waals surface area contributed by atoms with Gasteiger partial charge in [0.15, 0.2) is 5.96 Å². The summed E-state index contributed by atoms with van der Waals surface area (Å²) in [6.45, 7) is 1.35. The molecule has 22 heavy (non-hydrogen) atoms. The van der Waals surface area contributed by atoms with E-state index in [1.54, 1.807) is 14.2 Å². The van der Waals surface area contributed by atoms with Crippen molar-refractivity contribution >= 4 is 40.0 Å². The molecule has 0 unspecified atom stereocenters. The fraction of sp³-hybridized carbons (Fsp3) is 0.462. The number of hydrogen-bond donors (Lipinski definition) is 3. The van der Waals surface area contributed by atoms with E-state index in [-0.39, 0.29) is 24.0 Å². The Morgan fingerprint density at radius 2 is 2.00 bits per heavy atom. The molecule has 0 radical (unpaired) electrons. The third-order valence-corrected chi connectivity index (χ3v) is 3.33. The Kier molecular flexibility index (Phi) is 10.1. The second kappa shape index (κ2) is 10.6. The van der Waals surface area contributed by atoms with Crippen LogP contribution in [0.4, 0.5) is 0 Å². The zero-order valence-electron chi connectivity index (χ0n) is 12.9. The molecular formula is C13H23IN4O3S. The van der Waals surface area contributed by atoms with E-state index in [2.05, 4.69) is 20.3 Å². The Morgan fingerprint density at radius 1 is 1.27 bits per heavy atom. The maximum atomic E-state index is 10.9. The van der Waals surface area contributed by atoms with E-state index in [9.17, 15) is 8.42 Å². The number of ether oxygens (including phenoxy) is 1. The molecule has 3 N–H and O–H groups in total. The molecule has 7 nitrogen and oxygen atoms in total. The van der Waals surface area contributed by atoms with Gasteiger partial charge in [0.05, 0.1) is 13.4 Å². The van der Waals surface area contributed by atoms with Crippen LogP contribution in [0.5, 0.6) is 5.75 Å². The number of benzene rings is 1. The van der Waals surface area contributed by atoms with Gasteiger partial charge in [-0.3, -0.25) is 4.99 Å². The molecule has 0 aliphatic carbocycles. The van der Waals surface area contributed by atoms with Gasteiger partial charge in [-0.25, -0.2) is 13.1 Å². The van der Waals surface area contributed by atoms with Gasteiger partial charge in [0.25, 0.3) is 0 Å². The lowest BCUT2D eigenvalue weighted by Crippen LogP contribution is -2.41. The standard InChI is InChI=1S/C13H22N4O3S.HI/c1-14-13(15-7-8-17-21(3,18)19)16-10-11-5-4-6-12(9-11)20-2;/h4-6,9,17H,7-8,10H2,1-3H3,(H2,14,15,16);1H. The third kappa shape index (κ3) is 9.05. The van der Waals surface area contributed by atoms with Crippen molar-refractivity contribution in [2.24, 2.45) is 4.99 Å². The minimum atomic E-state index is -3.16. The highest BCUT2D eigenvalue weighted by molar-refractivity contribution is 14.0. The number of hydrogen-bond acceptors (Lipinski definition) is 4. The maximum absolute atomic E-state index is 10.9. The van der Waals surface area contributed by atoms with Crippen LogP contribution >= 0.6 is 24.0 Å². The quantitative estimate of drug-likeness (QED) is 0.248. The highest BCUT2D eigenvalue weighted by Gasteiger charge is 2.01. The lowest BCUT2D eigenvalue weighted by Gasteiger charge is -2.12. The van der Waals surface area contributed by atoms with E-state index in [0.29, 0.717) is 25.6 Å². The number of nitrogens with one attached hydrogen (secondary N) is 3. The number of aliphatic imine (C=N–C) groups is 1. The molecule has 9 heteroatoms. The Labute approximate surface area is 149 Å². The Bertz CT molecular complexity index is 578. The van der Waals surface area contributed by atoms with Gasteiger partial charge in [0.2, 0.25) is 10.0 Å². The number of sulfonamides is 1. The van der Waals surface area contributed by atoms with Gasteiger partial charge in [0, 0.05) is 26.7 Å². The van der Waals surface area contributed by atoms with Crippen molar-refractivity contribution in [2.45, 2.75) is 6.54 Å². The molecule has 0 saturated heterocycles. The van der Waals surface area contributed by atoms with Crippen molar-refractivity contribution in [3.63, 3.8) is 0 Å². The summed E-state index contributed by atoms with van der Waals surface area (Å²) in [7, 11) is 0.129. The number of halogens is 1. The molecule has 126 valence electrons. The molecular weight excluding hydrogens is 419 g/mol. The van der Waals surface area contributed by atoms with Gasteiger partial charge in [-0.05, 0) is 17.7 Å². The predicted octanol–water partition coefficient (Wildman–Crippen LogP) is 0.527. The first-order valence-electron chi connectivity index (χ1n) is 6.46. The molecule has 0 amide bonds. The van der Waals surface area contributed by atoms with Gasteiger partial charge in [0.1, 0.15) is 5.75 Å². The van der Waals surface area contributed by atoms with Gasteiger partial charge in [-0.15, -0.1) is 24.0 Å². The molecule has 0 aliphatic heterocycles. The smallest absolute Gasteiger partial charge is 0.208 e. The normalized spacial score (nSPS) is 11.5. The van der Waals surface area contributed by atoms with E-state index in [1.165, 1.54) is 0 Å². The minimum absolute atomic E-state index is 0. The Morgan fingerprint density at radius 3 is 2.59 bits per heavy atom. The molecule has 0 saturated carbocycles. The third-order valence-electron chi connectivity index (χ3n) is 2.60. The van der Waals surface area contributed by atoms with Gasteiger partial charge < -0.3 is 15.4 Å².